The molecular formula is C12H22N4O. The Hall–Kier alpha value is -1.36. The lowest BCUT2D eigenvalue weighted by molar-refractivity contribution is -0.121. The Kier molecular flexibility index (Phi) is 5.15. The van der Waals surface area contributed by atoms with Gasteiger partial charge >= 0.3 is 0 Å². The van der Waals surface area contributed by atoms with Gasteiger partial charge in [-0.25, -0.2) is 0 Å². The van der Waals surface area contributed by atoms with Gasteiger partial charge in [-0.3, -0.25) is 9.48 Å². The summed E-state index contributed by atoms with van der Waals surface area (Å²) in [5.74, 6) is 0.0216. The van der Waals surface area contributed by atoms with Crippen molar-refractivity contribution in [1.29, 1.82) is 0 Å². The Balaban J connectivity index is 2.20. The quantitative estimate of drug-likeness (QED) is 0.718. The van der Waals surface area contributed by atoms with Crippen molar-refractivity contribution in [3.63, 3.8) is 0 Å². The third-order valence-corrected chi connectivity index (χ3v) is 2.48. The number of nitrogens with two attached hydrogens (primary N) is 1. The summed E-state index contributed by atoms with van der Waals surface area (Å²) >= 11 is 0. The first-order valence-corrected chi connectivity index (χ1v) is 6.02. The molecule has 0 radical (unpaired) electrons. The van der Waals surface area contributed by atoms with Crippen molar-refractivity contribution in [3.05, 3.63) is 17.5 Å². The predicted octanol–water partition coefficient (Wildman–Crippen LogP) is 0.744. The molecule has 0 aliphatic heterocycles. The molecular weight excluding hydrogens is 216 g/mol. The number of aryl methyl sites for hydroxylation is 3. The van der Waals surface area contributed by atoms with Crippen molar-refractivity contribution in [1.82, 2.24) is 15.1 Å². The van der Waals surface area contributed by atoms with Gasteiger partial charge in [0.1, 0.15) is 0 Å². The van der Waals surface area contributed by atoms with Gasteiger partial charge in [-0.05, 0) is 33.3 Å². The van der Waals surface area contributed by atoms with Crippen molar-refractivity contribution in [2.24, 2.45) is 5.73 Å². The highest BCUT2D eigenvalue weighted by molar-refractivity contribution is 5.76. The lowest BCUT2D eigenvalue weighted by Gasteiger charge is -2.08. The fourth-order valence-electron chi connectivity index (χ4n) is 1.72. The summed E-state index contributed by atoms with van der Waals surface area (Å²) in [5.41, 5.74) is 7.72. The van der Waals surface area contributed by atoms with Crippen LogP contribution >= 0.6 is 0 Å². The minimum absolute atomic E-state index is 0.0216. The molecule has 0 aromatic carbocycles. The van der Waals surface area contributed by atoms with Crippen LogP contribution in [-0.2, 0) is 11.3 Å². The molecule has 5 heteroatoms. The monoisotopic (exact) mass is 238 g/mol. The zero-order chi connectivity index (χ0) is 12.8. The Morgan fingerprint density at radius 1 is 1.59 bits per heavy atom. The summed E-state index contributed by atoms with van der Waals surface area (Å²) in [6.45, 7) is 7.35. The standard InChI is InChI=1S/C12H22N4O/c1-9(13)7-12(17)14-5-4-6-16-11(3)8-10(2)15-16/h8-9H,4-7,13H2,1-3H3,(H,14,17). The first kappa shape index (κ1) is 13.7. The van der Waals surface area contributed by atoms with E-state index in [-0.39, 0.29) is 11.9 Å². The van der Waals surface area contributed by atoms with Gasteiger partial charge in [0.2, 0.25) is 5.91 Å². The topological polar surface area (TPSA) is 72.9 Å². The van der Waals surface area contributed by atoms with Crippen molar-refractivity contribution < 1.29 is 4.79 Å². The maximum atomic E-state index is 11.3. The molecule has 0 aliphatic carbocycles. The van der Waals surface area contributed by atoms with E-state index in [0.29, 0.717) is 13.0 Å². The number of carbonyl (C=O) groups excluding carboxylic acids is 1. The van der Waals surface area contributed by atoms with Crippen LogP contribution in [0.15, 0.2) is 6.07 Å². The highest BCUT2D eigenvalue weighted by atomic mass is 16.1. The zero-order valence-corrected chi connectivity index (χ0v) is 10.9. The van der Waals surface area contributed by atoms with E-state index in [1.165, 1.54) is 0 Å². The summed E-state index contributed by atoms with van der Waals surface area (Å²) in [7, 11) is 0. The number of rotatable bonds is 6. The Labute approximate surface area is 102 Å². The molecule has 1 heterocycles. The number of aromatic nitrogens is 2. The first-order chi connectivity index (χ1) is 7.99. The fourth-order valence-corrected chi connectivity index (χ4v) is 1.72. The number of hydrogen-bond donors (Lipinski definition) is 2. The van der Waals surface area contributed by atoms with E-state index in [1.807, 2.05) is 25.5 Å². The average molecular weight is 238 g/mol. The maximum Gasteiger partial charge on any atom is 0.221 e. The summed E-state index contributed by atoms with van der Waals surface area (Å²) in [5, 5.41) is 7.21. The van der Waals surface area contributed by atoms with Gasteiger partial charge in [-0.2, -0.15) is 5.10 Å². The molecule has 0 aliphatic rings. The summed E-state index contributed by atoms with van der Waals surface area (Å²) in [6.07, 6.45) is 1.27. The lowest BCUT2D eigenvalue weighted by atomic mass is 10.2. The molecule has 3 N–H and O–H groups in total. The Morgan fingerprint density at radius 3 is 2.82 bits per heavy atom. The Bertz CT molecular complexity index is 371. The smallest absolute Gasteiger partial charge is 0.221 e. The number of amides is 1. The average Bonchev–Trinajstić information content (AvgIpc) is 2.51. The van der Waals surface area contributed by atoms with E-state index in [2.05, 4.69) is 16.5 Å². The largest absolute Gasteiger partial charge is 0.356 e. The molecule has 0 spiro atoms. The highest BCUT2D eigenvalue weighted by Gasteiger charge is 2.04. The predicted molar refractivity (Wildman–Crippen MR) is 67.6 cm³/mol. The molecule has 1 aromatic rings. The third kappa shape index (κ3) is 4.99. The van der Waals surface area contributed by atoms with Crippen LogP contribution in [0, 0.1) is 13.8 Å². The van der Waals surface area contributed by atoms with Gasteiger partial charge < -0.3 is 11.1 Å². The van der Waals surface area contributed by atoms with Crippen molar-refractivity contribution in [2.45, 2.75) is 46.2 Å². The minimum Gasteiger partial charge on any atom is -0.356 e. The molecule has 17 heavy (non-hydrogen) atoms. The van der Waals surface area contributed by atoms with Crippen LogP contribution in [0.4, 0.5) is 0 Å². The van der Waals surface area contributed by atoms with E-state index >= 15 is 0 Å². The van der Waals surface area contributed by atoms with Gasteiger partial charge in [-0.1, -0.05) is 0 Å². The highest BCUT2D eigenvalue weighted by Crippen LogP contribution is 2.02. The SMILES string of the molecule is Cc1cc(C)n(CCCNC(=O)CC(C)N)n1. The number of carbonyl (C=O) groups is 1. The second-order valence-electron chi connectivity index (χ2n) is 4.54. The molecule has 1 rings (SSSR count). The normalized spacial score (nSPS) is 12.5. The lowest BCUT2D eigenvalue weighted by Crippen LogP contribution is -2.30. The van der Waals surface area contributed by atoms with Crippen LogP contribution in [0.3, 0.4) is 0 Å². The third-order valence-electron chi connectivity index (χ3n) is 2.48. The van der Waals surface area contributed by atoms with Gasteiger partial charge in [0.05, 0.1) is 5.69 Å². The molecule has 96 valence electrons. The van der Waals surface area contributed by atoms with Crippen LogP contribution in [0.2, 0.25) is 0 Å². The second-order valence-corrected chi connectivity index (χ2v) is 4.54. The van der Waals surface area contributed by atoms with E-state index in [0.717, 1.165) is 24.4 Å². The molecule has 0 saturated heterocycles. The maximum absolute atomic E-state index is 11.3. The number of hydrogen-bond acceptors (Lipinski definition) is 3. The molecule has 0 fully saturated rings. The summed E-state index contributed by atoms with van der Waals surface area (Å²) in [6, 6.07) is 1.97. The fraction of sp³-hybridized carbons (Fsp3) is 0.667. The van der Waals surface area contributed by atoms with Crippen molar-refractivity contribution in [3.8, 4) is 0 Å². The van der Waals surface area contributed by atoms with Gasteiger partial charge in [0.25, 0.3) is 0 Å². The molecule has 1 amide bonds. The van der Waals surface area contributed by atoms with Crippen molar-refractivity contribution in [2.75, 3.05) is 6.54 Å². The molecule has 1 atom stereocenters. The van der Waals surface area contributed by atoms with E-state index in [1.54, 1.807) is 0 Å². The number of nitrogens with one attached hydrogen (secondary N) is 1. The number of nitrogens with zero attached hydrogens (tertiary/aromatic N) is 2. The molecule has 0 bridgehead atoms. The van der Waals surface area contributed by atoms with E-state index in [9.17, 15) is 4.79 Å². The molecule has 1 aromatic heterocycles. The molecule has 1 unspecified atom stereocenters. The Morgan fingerprint density at radius 2 is 2.29 bits per heavy atom. The minimum atomic E-state index is -0.0778. The van der Waals surface area contributed by atoms with Crippen LogP contribution in [0.25, 0.3) is 0 Å². The molecule has 5 nitrogen and oxygen atoms in total. The molecule has 0 saturated carbocycles. The van der Waals surface area contributed by atoms with Crippen LogP contribution in [0.1, 0.15) is 31.2 Å². The first-order valence-electron chi connectivity index (χ1n) is 6.02. The van der Waals surface area contributed by atoms with Gasteiger partial charge in [-0.15, -0.1) is 0 Å². The van der Waals surface area contributed by atoms with E-state index in [4.69, 9.17) is 5.73 Å². The zero-order valence-electron chi connectivity index (χ0n) is 10.9. The van der Waals surface area contributed by atoms with Crippen LogP contribution in [-0.4, -0.2) is 28.3 Å². The van der Waals surface area contributed by atoms with Crippen molar-refractivity contribution >= 4 is 5.91 Å². The van der Waals surface area contributed by atoms with Gasteiger partial charge in [0, 0.05) is 31.2 Å². The van der Waals surface area contributed by atoms with Crippen LogP contribution < -0.4 is 11.1 Å². The summed E-state index contributed by atoms with van der Waals surface area (Å²) < 4.78 is 1.97. The van der Waals surface area contributed by atoms with E-state index < -0.39 is 0 Å². The van der Waals surface area contributed by atoms with Crippen LogP contribution in [0.5, 0.6) is 0 Å². The van der Waals surface area contributed by atoms with Gasteiger partial charge in [0.15, 0.2) is 0 Å². The summed E-state index contributed by atoms with van der Waals surface area (Å²) in [4.78, 5) is 11.3. The second kappa shape index (κ2) is 6.39.